The fraction of sp³-hybridized carbons (Fsp3) is 0.595. The van der Waals surface area contributed by atoms with Crippen molar-refractivity contribution < 1.29 is 32.3 Å². The summed E-state index contributed by atoms with van der Waals surface area (Å²) in [6.07, 6.45) is 5.16. The monoisotopic (exact) mass is 700 g/mol. The van der Waals surface area contributed by atoms with Gasteiger partial charge in [-0.1, -0.05) is 49.6 Å². The van der Waals surface area contributed by atoms with Gasteiger partial charge >= 0.3 is 0 Å². The minimum Gasteiger partial charge on any atom is -0.390 e. The van der Waals surface area contributed by atoms with Gasteiger partial charge < -0.3 is 21.1 Å². The number of piperidine rings is 1. The molecule has 10 nitrogen and oxygen atoms in total. The maximum absolute atomic E-state index is 14.1. The topological polar surface area (TPSA) is 145 Å². The molecule has 0 bridgehead atoms. The van der Waals surface area contributed by atoms with Crippen LogP contribution in [0, 0.1) is 17.7 Å². The molecule has 4 N–H and O–H groups in total. The number of carbonyl (C=O) groups is 3. The SMILES string of the molecule is CC(C)(C)NC(=O)[C@@H]1CC2CCCCC2CN1C[C@@H](O)[C@H](Cc1ccccc1)NC(=O)[C@@H](NC(=O)c1ccc(F)cc1)C(C)(C)S(C)(=O)=O. The van der Waals surface area contributed by atoms with Crippen molar-refractivity contribution >= 4 is 27.6 Å². The molecule has 2 unspecified atom stereocenters. The lowest BCUT2D eigenvalue weighted by atomic mass is 9.72. The van der Waals surface area contributed by atoms with E-state index < -0.39 is 62.0 Å². The molecular formula is C37H53FN4O6S. The predicted molar refractivity (Wildman–Crippen MR) is 188 cm³/mol. The first-order valence-electron chi connectivity index (χ1n) is 17.2. The Morgan fingerprint density at radius 2 is 1.55 bits per heavy atom. The van der Waals surface area contributed by atoms with Crippen LogP contribution in [0.5, 0.6) is 0 Å². The molecular weight excluding hydrogens is 647 g/mol. The van der Waals surface area contributed by atoms with Gasteiger partial charge in [-0.3, -0.25) is 19.3 Å². The van der Waals surface area contributed by atoms with Crippen molar-refractivity contribution in [3.05, 3.63) is 71.5 Å². The molecule has 1 saturated heterocycles. The van der Waals surface area contributed by atoms with Gasteiger partial charge in [-0.2, -0.15) is 0 Å². The Bertz CT molecular complexity index is 1560. The fourth-order valence-corrected chi connectivity index (χ4v) is 7.59. The molecule has 4 rings (SSSR count). The summed E-state index contributed by atoms with van der Waals surface area (Å²) in [5, 5.41) is 20.5. The Hall–Kier alpha value is -3.35. The Morgan fingerprint density at radius 1 is 0.939 bits per heavy atom. The van der Waals surface area contributed by atoms with E-state index in [0.717, 1.165) is 49.6 Å². The molecule has 0 spiro atoms. The van der Waals surface area contributed by atoms with Crippen LogP contribution in [0.1, 0.15) is 82.6 Å². The zero-order valence-corrected chi connectivity index (χ0v) is 30.4. The largest absolute Gasteiger partial charge is 0.390 e. The number of amides is 3. The summed E-state index contributed by atoms with van der Waals surface area (Å²) < 4.78 is 37.7. The summed E-state index contributed by atoms with van der Waals surface area (Å²) >= 11 is 0. The Morgan fingerprint density at radius 3 is 2.14 bits per heavy atom. The van der Waals surface area contributed by atoms with Gasteiger partial charge in [-0.25, -0.2) is 12.8 Å². The summed E-state index contributed by atoms with van der Waals surface area (Å²) in [5.74, 6) is -1.35. The standard InChI is InChI=1S/C37H53FN4O6S/c1-36(2,3)41-34(45)30-21-26-14-10-11-15-27(26)22-42(30)23-31(43)29(20-24-12-8-7-9-13-24)39-35(46)32(37(4,5)49(6,47)48)40-33(44)25-16-18-28(38)19-17-25/h7-9,12-13,16-19,26-27,29-32,43H,10-11,14-15,20-23H2,1-6H3,(H,39,46)(H,40,44)(H,41,45)/t26?,27?,29-,30-,31+,32+/m0/s1. The van der Waals surface area contributed by atoms with Crippen molar-refractivity contribution in [2.45, 2.75) is 108 Å². The molecule has 3 amide bonds. The van der Waals surface area contributed by atoms with Crippen LogP contribution in [0.2, 0.25) is 0 Å². The average Bonchev–Trinajstić information content (AvgIpc) is 3.02. The predicted octanol–water partition coefficient (Wildman–Crippen LogP) is 3.63. The van der Waals surface area contributed by atoms with Gasteiger partial charge in [0.2, 0.25) is 11.8 Å². The average molecular weight is 701 g/mol. The van der Waals surface area contributed by atoms with E-state index in [1.165, 1.54) is 26.0 Å². The van der Waals surface area contributed by atoms with Crippen molar-refractivity contribution in [3.8, 4) is 0 Å². The third-order valence-corrected chi connectivity index (χ3v) is 12.3. The molecule has 2 aromatic carbocycles. The highest BCUT2D eigenvalue weighted by Crippen LogP contribution is 2.39. The molecule has 2 aromatic rings. The Labute approximate surface area is 290 Å². The van der Waals surface area contributed by atoms with Crippen molar-refractivity contribution in [2.24, 2.45) is 11.8 Å². The van der Waals surface area contributed by atoms with Gasteiger partial charge in [-0.15, -0.1) is 0 Å². The maximum atomic E-state index is 14.1. The Kier molecular flexibility index (Phi) is 12.3. The van der Waals surface area contributed by atoms with E-state index in [1.54, 1.807) is 0 Å². The normalized spacial score (nSPS) is 22.2. The lowest BCUT2D eigenvalue weighted by Gasteiger charge is -2.47. The summed E-state index contributed by atoms with van der Waals surface area (Å²) in [6, 6.07) is 11.1. The minimum atomic E-state index is -3.91. The molecule has 1 aliphatic carbocycles. The molecule has 49 heavy (non-hydrogen) atoms. The highest BCUT2D eigenvalue weighted by molar-refractivity contribution is 7.92. The van der Waals surface area contributed by atoms with E-state index >= 15 is 0 Å². The van der Waals surface area contributed by atoms with E-state index in [2.05, 4.69) is 16.0 Å². The number of nitrogens with one attached hydrogen (secondary N) is 3. The molecule has 1 saturated carbocycles. The second-order valence-electron chi connectivity index (χ2n) is 15.4. The van der Waals surface area contributed by atoms with E-state index in [4.69, 9.17) is 0 Å². The van der Waals surface area contributed by atoms with Crippen LogP contribution in [-0.2, 0) is 25.8 Å². The van der Waals surface area contributed by atoms with Crippen LogP contribution in [-0.4, -0.2) is 90.0 Å². The summed E-state index contributed by atoms with van der Waals surface area (Å²) in [7, 11) is -3.91. The smallest absolute Gasteiger partial charge is 0.251 e. The van der Waals surface area contributed by atoms with Crippen LogP contribution in [0.4, 0.5) is 4.39 Å². The molecule has 270 valence electrons. The van der Waals surface area contributed by atoms with Crippen molar-refractivity contribution in [1.29, 1.82) is 0 Å². The highest BCUT2D eigenvalue weighted by atomic mass is 32.2. The molecule has 2 aliphatic rings. The van der Waals surface area contributed by atoms with Crippen molar-refractivity contribution in [2.75, 3.05) is 19.3 Å². The number of carbonyl (C=O) groups excluding carboxylic acids is 3. The first kappa shape index (κ1) is 38.5. The minimum absolute atomic E-state index is 0.0510. The Balaban J connectivity index is 1.63. The molecule has 1 aliphatic heterocycles. The van der Waals surface area contributed by atoms with Gasteiger partial charge in [0.25, 0.3) is 5.91 Å². The number of likely N-dealkylation sites (tertiary alicyclic amines) is 1. The van der Waals surface area contributed by atoms with Crippen LogP contribution in [0.25, 0.3) is 0 Å². The number of aliphatic hydroxyl groups is 1. The number of hydrogen-bond donors (Lipinski definition) is 4. The van der Waals surface area contributed by atoms with Crippen LogP contribution >= 0.6 is 0 Å². The fourth-order valence-electron chi connectivity index (χ4n) is 7.00. The van der Waals surface area contributed by atoms with E-state index in [9.17, 15) is 32.3 Å². The second-order valence-corrected chi connectivity index (χ2v) is 18.0. The van der Waals surface area contributed by atoms with E-state index in [0.29, 0.717) is 24.8 Å². The quantitative estimate of drug-likeness (QED) is 0.265. The third-order valence-electron chi connectivity index (χ3n) is 10.1. The summed E-state index contributed by atoms with van der Waals surface area (Å²) in [5.41, 5.74) is 0.443. The van der Waals surface area contributed by atoms with Gasteiger partial charge in [0.15, 0.2) is 9.84 Å². The van der Waals surface area contributed by atoms with Gasteiger partial charge in [0.05, 0.1) is 22.9 Å². The second kappa shape index (κ2) is 15.7. The molecule has 1 heterocycles. The number of nitrogens with zero attached hydrogens (tertiary/aromatic N) is 1. The third kappa shape index (κ3) is 10.1. The first-order chi connectivity index (χ1) is 22.9. The zero-order chi connectivity index (χ0) is 36.1. The number of sulfone groups is 1. The van der Waals surface area contributed by atoms with Crippen LogP contribution in [0.3, 0.4) is 0 Å². The number of rotatable bonds is 12. The first-order valence-corrected chi connectivity index (χ1v) is 19.1. The summed E-state index contributed by atoms with van der Waals surface area (Å²) in [6.45, 7) is 9.26. The number of β-amino-alcohol motifs (C(OH)–C–C–N with tert-alkyl or cyclic N) is 1. The van der Waals surface area contributed by atoms with Gasteiger partial charge in [-0.05, 0) is 95.5 Å². The van der Waals surface area contributed by atoms with Gasteiger partial charge in [0, 0.05) is 30.4 Å². The highest BCUT2D eigenvalue weighted by Gasteiger charge is 2.46. The molecule has 0 radical (unpaired) electrons. The van der Waals surface area contributed by atoms with Crippen molar-refractivity contribution in [1.82, 2.24) is 20.9 Å². The zero-order valence-electron chi connectivity index (χ0n) is 29.5. The maximum Gasteiger partial charge on any atom is 0.251 e. The number of fused-ring (bicyclic) bond motifs is 1. The van der Waals surface area contributed by atoms with Crippen LogP contribution in [0.15, 0.2) is 54.6 Å². The lowest BCUT2D eigenvalue weighted by Crippen LogP contribution is -2.64. The number of aliphatic hydroxyl groups excluding tert-OH is 1. The summed E-state index contributed by atoms with van der Waals surface area (Å²) in [4.78, 5) is 43.0. The molecule has 12 heteroatoms. The molecule has 6 atom stereocenters. The lowest BCUT2D eigenvalue weighted by molar-refractivity contribution is -0.133. The van der Waals surface area contributed by atoms with Crippen LogP contribution < -0.4 is 16.0 Å². The molecule has 2 fully saturated rings. The van der Waals surface area contributed by atoms with Gasteiger partial charge in [0.1, 0.15) is 11.9 Å². The number of halogens is 1. The van der Waals surface area contributed by atoms with Crippen molar-refractivity contribution in [3.63, 3.8) is 0 Å². The molecule has 0 aromatic heterocycles. The van der Waals surface area contributed by atoms with E-state index in [-0.39, 0.29) is 24.4 Å². The number of hydrogen-bond acceptors (Lipinski definition) is 7. The number of benzene rings is 2. The van der Waals surface area contributed by atoms with E-state index in [1.807, 2.05) is 56.0 Å².